The Kier molecular flexibility index (Phi) is 5.08. The molecule has 0 aromatic heterocycles. The lowest BCUT2D eigenvalue weighted by atomic mass is 10.1. The van der Waals surface area contributed by atoms with E-state index in [1.165, 1.54) is 12.1 Å². The first-order valence-corrected chi connectivity index (χ1v) is 7.67. The molecule has 0 atom stereocenters. The minimum atomic E-state index is -3.54. The molecule has 0 heterocycles. The smallest absolute Gasteiger partial charge is 0.253 e. The van der Waals surface area contributed by atoms with Crippen molar-refractivity contribution in [3.63, 3.8) is 0 Å². The molecule has 0 aliphatic rings. The Morgan fingerprint density at radius 2 is 1.95 bits per heavy atom. The first kappa shape index (κ1) is 15.7. The number of hydrogen-bond acceptors (Lipinski definition) is 3. The zero-order valence-corrected chi connectivity index (χ0v) is 12.5. The highest BCUT2D eigenvalue weighted by Crippen LogP contribution is 2.17. The van der Waals surface area contributed by atoms with Crippen LogP contribution in [0, 0.1) is 6.92 Å². The third-order valence-corrected chi connectivity index (χ3v) is 4.45. The second-order valence-corrected chi connectivity index (χ2v) is 6.06. The van der Waals surface area contributed by atoms with Crippen molar-refractivity contribution in [3.05, 3.63) is 29.3 Å². The number of rotatable bonds is 5. The highest BCUT2D eigenvalue weighted by molar-refractivity contribution is 7.89. The molecule has 0 radical (unpaired) electrons. The topological polar surface area (TPSA) is 66.5 Å². The highest BCUT2D eigenvalue weighted by Gasteiger charge is 2.18. The summed E-state index contributed by atoms with van der Waals surface area (Å²) in [7, 11) is -1.85. The maximum Gasteiger partial charge on any atom is 0.253 e. The predicted octanol–water partition coefficient (Wildman–Crippen LogP) is 1.39. The van der Waals surface area contributed by atoms with Crippen molar-refractivity contribution in [2.75, 3.05) is 20.1 Å². The van der Waals surface area contributed by atoms with Crippen molar-refractivity contribution in [1.29, 1.82) is 0 Å². The summed E-state index contributed by atoms with van der Waals surface area (Å²) in [5.74, 6) is -0.173. The normalized spacial score (nSPS) is 11.4. The number of aryl methyl sites for hydroxylation is 1. The average molecular weight is 284 g/mol. The number of carbonyl (C=O) groups is 1. The van der Waals surface area contributed by atoms with Gasteiger partial charge in [0, 0.05) is 25.7 Å². The Labute approximate surface area is 114 Å². The number of amides is 1. The van der Waals surface area contributed by atoms with Crippen LogP contribution in [-0.2, 0) is 10.0 Å². The fraction of sp³-hybridized carbons (Fsp3) is 0.462. The van der Waals surface area contributed by atoms with Crippen LogP contribution in [0.5, 0.6) is 0 Å². The second-order valence-electron chi connectivity index (χ2n) is 4.30. The van der Waals surface area contributed by atoms with Gasteiger partial charge in [0.15, 0.2) is 0 Å². The summed E-state index contributed by atoms with van der Waals surface area (Å²) in [5.41, 5.74) is 1.18. The third-order valence-electron chi connectivity index (χ3n) is 2.91. The number of benzene rings is 1. The van der Waals surface area contributed by atoms with Crippen LogP contribution in [0.3, 0.4) is 0 Å². The van der Waals surface area contributed by atoms with Gasteiger partial charge in [0.05, 0.1) is 4.90 Å². The maximum absolute atomic E-state index is 12.1. The summed E-state index contributed by atoms with van der Waals surface area (Å²) in [6.07, 6.45) is 0. The minimum absolute atomic E-state index is 0.118. The van der Waals surface area contributed by atoms with Crippen molar-refractivity contribution >= 4 is 15.9 Å². The Bertz CT molecular complexity index is 567. The van der Waals surface area contributed by atoms with Gasteiger partial charge >= 0.3 is 0 Å². The van der Waals surface area contributed by atoms with E-state index in [-0.39, 0.29) is 10.8 Å². The molecule has 0 unspecified atom stereocenters. The van der Waals surface area contributed by atoms with Gasteiger partial charge in [-0.1, -0.05) is 13.0 Å². The lowest BCUT2D eigenvalue weighted by molar-refractivity contribution is 0.0801. The van der Waals surface area contributed by atoms with Crippen LogP contribution in [0.2, 0.25) is 0 Å². The molecule has 1 N–H and O–H groups in total. The molecule has 0 bridgehead atoms. The van der Waals surface area contributed by atoms with Crippen molar-refractivity contribution < 1.29 is 13.2 Å². The fourth-order valence-corrected chi connectivity index (χ4v) is 2.69. The van der Waals surface area contributed by atoms with Crippen LogP contribution in [0.25, 0.3) is 0 Å². The molecule has 19 heavy (non-hydrogen) atoms. The lowest BCUT2D eigenvalue weighted by Crippen LogP contribution is -2.28. The molecule has 0 aliphatic carbocycles. The third kappa shape index (κ3) is 3.54. The Hall–Kier alpha value is -1.40. The van der Waals surface area contributed by atoms with E-state index in [4.69, 9.17) is 0 Å². The van der Waals surface area contributed by atoms with Crippen LogP contribution in [-0.4, -0.2) is 39.4 Å². The van der Waals surface area contributed by atoms with E-state index in [0.717, 1.165) is 5.56 Å². The van der Waals surface area contributed by atoms with E-state index in [1.54, 1.807) is 31.9 Å². The summed E-state index contributed by atoms with van der Waals surface area (Å²) >= 11 is 0. The van der Waals surface area contributed by atoms with Gasteiger partial charge < -0.3 is 4.90 Å². The molecule has 6 heteroatoms. The Morgan fingerprint density at radius 3 is 2.47 bits per heavy atom. The van der Waals surface area contributed by atoms with E-state index >= 15 is 0 Å². The molecule has 1 aromatic rings. The molecule has 5 nitrogen and oxygen atoms in total. The van der Waals surface area contributed by atoms with Crippen molar-refractivity contribution in [3.8, 4) is 0 Å². The van der Waals surface area contributed by atoms with Crippen LogP contribution in [0.1, 0.15) is 29.8 Å². The quantitative estimate of drug-likeness (QED) is 0.888. The van der Waals surface area contributed by atoms with Crippen molar-refractivity contribution in [1.82, 2.24) is 9.62 Å². The largest absolute Gasteiger partial charge is 0.342 e. The highest BCUT2D eigenvalue weighted by atomic mass is 32.2. The number of nitrogens with zero attached hydrogens (tertiary/aromatic N) is 1. The summed E-state index contributed by atoms with van der Waals surface area (Å²) in [5, 5.41) is 0. The van der Waals surface area contributed by atoms with Crippen LogP contribution in [0.4, 0.5) is 0 Å². The van der Waals surface area contributed by atoms with E-state index < -0.39 is 10.0 Å². The molecule has 106 valence electrons. The zero-order valence-electron chi connectivity index (χ0n) is 11.7. The van der Waals surface area contributed by atoms with Gasteiger partial charge in [-0.05, 0) is 31.5 Å². The van der Waals surface area contributed by atoms with Crippen LogP contribution in [0.15, 0.2) is 23.1 Å². The first-order valence-electron chi connectivity index (χ1n) is 6.19. The van der Waals surface area contributed by atoms with Gasteiger partial charge in [0.2, 0.25) is 10.0 Å². The van der Waals surface area contributed by atoms with Gasteiger partial charge in [-0.2, -0.15) is 0 Å². The predicted molar refractivity (Wildman–Crippen MR) is 74.7 cm³/mol. The second kappa shape index (κ2) is 6.16. The molecule has 0 saturated carbocycles. The summed E-state index contributed by atoms with van der Waals surface area (Å²) in [6.45, 7) is 6.26. The van der Waals surface area contributed by atoms with Crippen molar-refractivity contribution in [2.45, 2.75) is 25.7 Å². The van der Waals surface area contributed by atoms with Crippen LogP contribution >= 0.6 is 0 Å². The lowest BCUT2D eigenvalue weighted by Gasteiger charge is -2.16. The number of hydrogen-bond donors (Lipinski definition) is 1. The van der Waals surface area contributed by atoms with E-state index in [9.17, 15) is 13.2 Å². The molecule has 0 spiro atoms. The van der Waals surface area contributed by atoms with Gasteiger partial charge in [0.1, 0.15) is 0 Å². The molecule has 0 fully saturated rings. The van der Waals surface area contributed by atoms with Crippen LogP contribution < -0.4 is 4.72 Å². The van der Waals surface area contributed by atoms with Gasteiger partial charge in [-0.15, -0.1) is 0 Å². The summed E-state index contributed by atoms with van der Waals surface area (Å²) < 4.78 is 26.3. The summed E-state index contributed by atoms with van der Waals surface area (Å²) in [4.78, 5) is 13.8. The molecule has 1 amide bonds. The number of carbonyl (C=O) groups excluding carboxylic acids is 1. The van der Waals surface area contributed by atoms with Gasteiger partial charge in [-0.25, -0.2) is 13.1 Å². The SMILES string of the molecule is CCNS(=O)(=O)c1ccc(C)c(C(=O)N(C)CC)c1. The average Bonchev–Trinajstić information content (AvgIpc) is 2.37. The fourth-order valence-electron chi connectivity index (χ4n) is 1.62. The van der Waals surface area contributed by atoms with E-state index in [2.05, 4.69) is 4.72 Å². The van der Waals surface area contributed by atoms with E-state index in [1.807, 2.05) is 6.92 Å². The maximum atomic E-state index is 12.1. The molecule has 1 rings (SSSR count). The monoisotopic (exact) mass is 284 g/mol. The standard InChI is InChI=1S/C13H20N2O3S/c1-5-14-19(17,18)11-8-7-10(3)12(9-11)13(16)15(4)6-2/h7-9,14H,5-6H2,1-4H3. The number of nitrogens with one attached hydrogen (secondary N) is 1. The van der Waals surface area contributed by atoms with E-state index in [0.29, 0.717) is 18.7 Å². The number of sulfonamides is 1. The summed E-state index contributed by atoms with van der Waals surface area (Å²) in [6, 6.07) is 4.60. The Morgan fingerprint density at radius 1 is 1.32 bits per heavy atom. The first-order chi connectivity index (χ1) is 8.83. The van der Waals surface area contributed by atoms with Crippen molar-refractivity contribution in [2.24, 2.45) is 0 Å². The minimum Gasteiger partial charge on any atom is -0.342 e. The van der Waals surface area contributed by atoms with Gasteiger partial charge in [-0.3, -0.25) is 4.79 Å². The van der Waals surface area contributed by atoms with Gasteiger partial charge in [0.25, 0.3) is 5.91 Å². The molecular weight excluding hydrogens is 264 g/mol. The molecule has 0 saturated heterocycles. The molecular formula is C13H20N2O3S. The zero-order chi connectivity index (χ0) is 14.6. The molecule has 0 aliphatic heterocycles. The molecule has 1 aromatic carbocycles. The Balaban J connectivity index is 3.26.